The van der Waals surface area contributed by atoms with Crippen LogP contribution in [0.15, 0.2) is 12.1 Å². The summed E-state index contributed by atoms with van der Waals surface area (Å²) >= 11 is 8.19. The molecule has 0 saturated carbocycles. The number of halogens is 2. The largest absolute Gasteiger partial charge is 0.491 e. The number of hydrogen-bond donors (Lipinski definition) is 0. The Morgan fingerprint density at radius 2 is 2.00 bits per heavy atom. The van der Waals surface area contributed by atoms with Crippen LogP contribution in [0.25, 0.3) is 0 Å². The van der Waals surface area contributed by atoms with E-state index in [1.54, 1.807) is 0 Å². The maximum Gasteiger partial charge on any atom is 0.124 e. The number of aryl methyl sites for hydroxylation is 1. The highest BCUT2D eigenvalue weighted by atomic mass is 127. The van der Waals surface area contributed by atoms with E-state index in [4.69, 9.17) is 16.3 Å². The molecule has 0 bridgehead atoms. The van der Waals surface area contributed by atoms with Crippen molar-refractivity contribution in [3.05, 3.63) is 26.3 Å². The fourth-order valence-electron chi connectivity index (χ4n) is 1.01. The van der Waals surface area contributed by atoms with E-state index in [9.17, 15) is 0 Å². The lowest BCUT2D eigenvalue weighted by Crippen LogP contribution is -2.06. The van der Waals surface area contributed by atoms with Crippen LogP contribution in [0.3, 0.4) is 0 Å². The Morgan fingerprint density at radius 1 is 1.38 bits per heavy atom. The molecule has 1 nitrogen and oxygen atoms in total. The van der Waals surface area contributed by atoms with Gasteiger partial charge in [-0.25, -0.2) is 0 Å². The smallest absolute Gasteiger partial charge is 0.124 e. The first-order valence-corrected chi connectivity index (χ1v) is 5.58. The second kappa shape index (κ2) is 4.51. The van der Waals surface area contributed by atoms with Gasteiger partial charge in [0.25, 0.3) is 0 Å². The summed E-state index contributed by atoms with van der Waals surface area (Å²) in [7, 11) is 0. The standard InChI is InChI=1S/C10H12ClIO/c1-6(2)13-10-5-8(11)9(12)4-7(10)3/h4-6H,1-3H3. The van der Waals surface area contributed by atoms with Crippen molar-refractivity contribution in [2.45, 2.75) is 26.9 Å². The third-order valence-corrected chi connectivity index (χ3v) is 3.10. The van der Waals surface area contributed by atoms with Gasteiger partial charge in [0, 0.05) is 9.64 Å². The molecule has 0 fully saturated rings. The van der Waals surface area contributed by atoms with Gasteiger partial charge in [-0.05, 0) is 55.0 Å². The SMILES string of the molecule is Cc1cc(I)c(Cl)cc1OC(C)C. The van der Waals surface area contributed by atoms with Crippen LogP contribution in [0.5, 0.6) is 5.75 Å². The lowest BCUT2D eigenvalue weighted by atomic mass is 10.2. The Labute approximate surface area is 97.6 Å². The molecule has 0 aliphatic rings. The Morgan fingerprint density at radius 3 is 2.54 bits per heavy atom. The van der Waals surface area contributed by atoms with E-state index in [0.717, 1.165) is 19.9 Å². The van der Waals surface area contributed by atoms with E-state index in [0.29, 0.717) is 0 Å². The Balaban J connectivity index is 3.01. The molecule has 0 aliphatic carbocycles. The fourth-order valence-corrected chi connectivity index (χ4v) is 1.79. The van der Waals surface area contributed by atoms with Crippen LogP contribution in [0.2, 0.25) is 5.02 Å². The third-order valence-electron chi connectivity index (χ3n) is 1.58. The first-order valence-electron chi connectivity index (χ1n) is 4.13. The topological polar surface area (TPSA) is 9.23 Å². The molecule has 1 aromatic carbocycles. The first kappa shape index (κ1) is 11.1. The zero-order chi connectivity index (χ0) is 10.0. The molecular weight excluding hydrogens is 298 g/mol. The zero-order valence-corrected chi connectivity index (χ0v) is 10.8. The monoisotopic (exact) mass is 310 g/mol. The van der Waals surface area contributed by atoms with Crippen LogP contribution in [0.4, 0.5) is 0 Å². The quantitative estimate of drug-likeness (QED) is 0.749. The van der Waals surface area contributed by atoms with Crippen molar-refractivity contribution in [3.63, 3.8) is 0 Å². The number of ether oxygens (including phenoxy) is 1. The summed E-state index contributed by atoms with van der Waals surface area (Å²) in [5.41, 5.74) is 1.13. The molecule has 0 spiro atoms. The molecular formula is C10H12ClIO. The predicted molar refractivity (Wildman–Crippen MR) is 64.7 cm³/mol. The molecule has 0 aromatic heterocycles. The van der Waals surface area contributed by atoms with Gasteiger partial charge in [0.15, 0.2) is 0 Å². The summed E-state index contributed by atoms with van der Waals surface area (Å²) in [4.78, 5) is 0. The van der Waals surface area contributed by atoms with E-state index >= 15 is 0 Å². The highest BCUT2D eigenvalue weighted by molar-refractivity contribution is 14.1. The van der Waals surface area contributed by atoms with Crippen molar-refractivity contribution in [2.24, 2.45) is 0 Å². The summed E-state index contributed by atoms with van der Waals surface area (Å²) in [6.07, 6.45) is 0.190. The maximum absolute atomic E-state index is 5.98. The zero-order valence-electron chi connectivity index (χ0n) is 7.90. The highest BCUT2D eigenvalue weighted by Crippen LogP contribution is 2.28. The minimum Gasteiger partial charge on any atom is -0.491 e. The summed E-state index contributed by atoms with van der Waals surface area (Å²) in [5, 5.41) is 0.752. The van der Waals surface area contributed by atoms with Crippen molar-refractivity contribution >= 4 is 34.2 Å². The second-order valence-corrected chi connectivity index (χ2v) is 4.77. The van der Waals surface area contributed by atoms with Crippen molar-refractivity contribution in [1.29, 1.82) is 0 Å². The van der Waals surface area contributed by atoms with Gasteiger partial charge in [-0.1, -0.05) is 11.6 Å². The van der Waals surface area contributed by atoms with Crippen LogP contribution in [-0.4, -0.2) is 6.10 Å². The third kappa shape index (κ3) is 3.02. The predicted octanol–water partition coefficient (Wildman–Crippen LogP) is 4.04. The summed E-state index contributed by atoms with van der Waals surface area (Å²) in [6, 6.07) is 3.90. The fraction of sp³-hybridized carbons (Fsp3) is 0.400. The molecule has 1 rings (SSSR count). The van der Waals surface area contributed by atoms with Gasteiger partial charge in [0.05, 0.1) is 11.1 Å². The minimum absolute atomic E-state index is 0.190. The number of rotatable bonds is 2. The summed E-state index contributed by atoms with van der Waals surface area (Å²) < 4.78 is 6.66. The van der Waals surface area contributed by atoms with Crippen LogP contribution >= 0.6 is 34.2 Å². The molecule has 0 atom stereocenters. The summed E-state index contributed by atoms with van der Waals surface area (Å²) in [5.74, 6) is 0.875. The lowest BCUT2D eigenvalue weighted by Gasteiger charge is -2.13. The molecule has 0 aliphatic heterocycles. The molecule has 0 N–H and O–H groups in total. The van der Waals surface area contributed by atoms with E-state index in [1.807, 2.05) is 32.9 Å². The van der Waals surface area contributed by atoms with Gasteiger partial charge in [-0.15, -0.1) is 0 Å². The second-order valence-electron chi connectivity index (χ2n) is 3.20. The molecule has 0 heterocycles. The Kier molecular flexibility index (Phi) is 3.86. The highest BCUT2D eigenvalue weighted by Gasteiger charge is 2.05. The Bertz CT molecular complexity index is 310. The van der Waals surface area contributed by atoms with Gasteiger partial charge in [0.1, 0.15) is 5.75 Å². The van der Waals surface area contributed by atoms with Crippen molar-refractivity contribution in [2.75, 3.05) is 0 Å². The maximum atomic E-state index is 5.98. The van der Waals surface area contributed by atoms with E-state index in [2.05, 4.69) is 22.6 Å². The average molecular weight is 311 g/mol. The molecule has 13 heavy (non-hydrogen) atoms. The van der Waals surface area contributed by atoms with Crippen LogP contribution < -0.4 is 4.74 Å². The number of hydrogen-bond acceptors (Lipinski definition) is 1. The average Bonchev–Trinajstić information content (AvgIpc) is 1.99. The van der Waals surface area contributed by atoms with E-state index < -0.39 is 0 Å². The van der Waals surface area contributed by atoms with E-state index in [-0.39, 0.29) is 6.10 Å². The van der Waals surface area contributed by atoms with Gasteiger partial charge in [0.2, 0.25) is 0 Å². The van der Waals surface area contributed by atoms with Crippen molar-refractivity contribution in [1.82, 2.24) is 0 Å². The van der Waals surface area contributed by atoms with Gasteiger partial charge in [-0.3, -0.25) is 0 Å². The lowest BCUT2D eigenvalue weighted by molar-refractivity contribution is 0.241. The normalized spacial score (nSPS) is 10.6. The van der Waals surface area contributed by atoms with Crippen LogP contribution in [0, 0.1) is 10.5 Å². The molecule has 0 unspecified atom stereocenters. The molecule has 0 radical (unpaired) electrons. The van der Waals surface area contributed by atoms with Crippen molar-refractivity contribution in [3.8, 4) is 5.75 Å². The molecule has 0 amide bonds. The number of benzene rings is 1. The molecule has 3 heteroatoms. The van der Waals surface area contributed by atoms with Crippen LogP contribution in [-0.2, 0) is 0 Å². The molecule has 1 aromatic rings. The van der Waals surface area contributed by atoms with Crippen molar-refractivity contribution < 1.29 is 4.74 Å². The summed E-state index contributed by atoms with van der Waals surface area (Å²) in [6.45, 7) is 6.03. The van der Waals surface area contributed by atoms with Gasteiger partial charge < -0.3 is 4.74 Å². The molecule has 0 saturated heterocycles. The Hall–Kier alpha value is 0.0400. The van der Waals surface area contributed by atoms with E-state index in [1.165, 1.54) is 0 Å². The first-order chi connectivity index (χ1) is 6.00. The van der Waals surface area contributed by atoms with Gasteiger partial charge in [-0.2, -0.15) is 0 Å². The van der Waals surface area contributed by atoms with Gasteiger partial charge >= 0.3 is 0 Å². The minimum atomic E-state index is 0.190. The van der Waals surface area contributed by atoms with Crippen LogP contribution in [0.1, 0.15) is 19.4 Å². The molecule has 72 valence electrons.